The van der Waals surface area contributed by atoms with Gasteiger partial charge < -0.3 is 14.6 Å². The van der Waals surface area contributed by atoms with Gasteiger partial charge in [0.05, 0.1) is 24.4 Å². The van der Waals surface area contributed by atoms with Gasteiger partial charge in [-0.25, -0.2) is 0 Å². The molecule has 1 heterocycles. The Bertz CT molecular complexity index is 228. The van der Waals surface area contributed by atoms with Crippen LogP contribution in [0.1, 0.15) is 19.6 Å². The molecule has 0 aliphatic heterocycles. The first-order chi connectivity index (χ1) is 5.61. The van der Waals surface area contributed by atoms with Gasteiger partial charge in [0, 0.05) is 0 Å². The number of aliphatic hydroxyl groups is 2. The zero-order valence-electron chi connectivity index (χ0n) is 7.32. The zero-order chi connectivity index (χ0) is 9.19. The molecular formula is C9H14O3. The van der Waals surface area contributed by atoms with Gasteiger partial charge in [-0.3, -0.25) is 0 Å². The van der Waals surface area contributed by atoms with E-state index in [-0.39, 0.29) is 6.61 Å². The first-order valence-corrected chi connectivity index (χ1v) is 3.94. The van der Waals surface area contributed by atoms with E-state index in [9.17, 15) is 5.11 Å². The lowest BCUT2D eigenvalue weighted by molar-refractivity contribution is 0.0481. The SMILES string of the molecule is CC(O)C(C)(CO)c1ccco1. The van der Waals surface area contributed by atoms with Crippen molar-refractivity contribution in [3.63, 3.8) is 0 Å². The minimum Gasteiger partial charge on any atom is -0.469 e. The summed E-state index contributed by atoms with van der Waals surface area (Å²) in [5.41, 5.74) is -0.691. The van der Waals surface area contributed by atoms with Crippen molar-refractivity contribution in [3.05, 3.63) is 24.2 Å². The van der Waals surface area contributed by atoms with Crippen LogP contribution in [-0.4, -0.2) is 22.9 Å². The van der Waals surface area contributed by atoms with E-state index in [0.29, 0.717) is 5.76 Å². The van der Waals surface area contributed by atoms with Crippen molar-refractivity contribution in [1.82, 2.24) is 0 Å². The molecule has 2 N–H and O–H groups in total. The van der Waals surface area contributed by atoms with Gasteiger partial charge in [0.1, 0.15) is 5.76 Å². The van der Waals surface area contributed by atoms with Crippen molar-refractivity contribution >= 4 is 0 Å². The van der Waals surface area contributed by atoms with Crippen LogP contribution >= 0.6 is 0 Å². The van der Waals surface area contributed by atoms with Crippen LogP contribution in [0.2, 0.25) is 0 Å². The fraction of sp³-hybridized carbons (Fsp3) is 0.556. The van der Waals surface area contributed by atoms with Crippen LogP contribution in [-0.2, 0) is 5.41 Å². The van der Waals surface area contributed by atoms with Crippen LogP contribution in [0, 0.1) is 0 Å². The van der Waals surface area contributed by atoms with Gasteiger partial charge in [0.15, 0.2) is 0 Å². The third-order valence-corrected chi connectivity index (χ3v) is 2.33. The van der Waals surface area contributed by atoms with Crippen molar-refractivity contribution in [2.45, 2.75) is 25.4 Å². The summed E-state index contributed by atoms with van der Waals surface area (Å²) in [6.07, 6.45) is 0.902. The molecule has 1 rings (SSSR count). The highest BCUT2D eigenvalue weighted by molar-refractivity contribution is 5.14. The second-order valence-corrected chi connectivity index (χ2v) is 3.23. The Morgan fingerprint density at radius 1 is 1.67 bits per heavy atom. The molecule has 0 aromatic carbocycles. The van der Waals surface area contributed by atoms with Crippen LogP contribution in [0.5, 0.6) is 0 Å². The van der Waals surface area contributed by atoms with E-state index in [1.54, 1.807) is 26.0 Å². The third kappa shape index (κ3) is 1.38. The van der Waals surface area contributed by atoms with Crippen LogP contribution in [0.3, 0.4) is 0 Å². The van der Waals surface area contributed by atoms with Gasteiger partial charge in [0.25, 0.3) is 0 Å². The van der Waals surface area contributed by atoms with Crippen LogP contribution in [0.15, 0.2) is 22.8 Å². The second-order valence-electron chi connectivity index (χ2n) is 3.23. The molecule has 0 aliphatic carbocycles. The summed E-state index contributed by atoms with van der Waals surface area (Å²) >= 11 is 0. The Hall–Kier alpha value is -0.800. The summed E-state index contributed by atoms with van der Waals surface area (Å²) in [4.78, 5) is 0. The van der Waals surface area contributed by atoms with E-state index in [1.807, 2.05) is 0 Å². The highest BCUT2D eigenvalue weighted by atomic mass is 16.3. The number of furan rings is 1. The summed E-state index contributed by atoms with van der Waals surface area (Å²) in [5, 5.41) is 18.5. The van der Waals surface area contributed by atoms with Gasteiger partial charge in [-0.15, -0.1) is 0 Å². The second kappa shape index (κ2) is 3.29. The fourth-order valence-electron chi connectivity index (χ4n) is 1.02. The molecule has 0 amide bonds. The molecule has 0 aliphatic rings. The Kier molecular flexibility index (Phi) is 2.55. The summed E-state index contributed by atoms with van der Waals surface area (Å²) in [6, 6.07) is 3.49. The van der Waals surface area contributed by atoms with E-state index in [4.69, 9.17) is 9.52 Å². The first-order valence-electron chi connectivity index (χ1n) is 3.94. The lowest BCUT2D eigenvalue weighted by Gasteiger charge is -2.27. The Morgan fingerprint density at radius 3 is 2.67 bits per heavy atom. The molecule has 0 saturated carbocycles. The third-order valence-electron chi connectivity index (χ3n) is 2.33. The van der Waals surface area contributed by atoms with Crippen LogP contribution < -0.4 is 0 Å². The molecule has 1 aromatic heterocycles. The van der Waals surface area contributed by atoms with Gasteiger partial charge in [-0.2, -0.15) is 0 Å². The summed E-state index contributed by atoms with van der Waals surface area (Å²) in [6.45, 7) is 3.27. The average Bonchev–Trinajstić information content (AvgIpc) is 2.54. The molecule has 3 heteroatoms. The molecule has 0 spiro atoms. The van der Waals surface area contributed by atoms with E-state index >= 15 is 0 Å². The maximum absolute atomic E-state index is 9.42. The normalized spacial score (nSPS) is 18.7. The number of aliphatic hydroxyl groups excluding tert-OH is 2. The molecule has 1 aromatic rings. The van der Waals surface area contributed by atoms with E-state index in [2.05, 4.69) is 0 Å². The average molecular weight is 170 g/mol. The predicted octanol–water partition coefficient (Wildman–Crippen LogP) is 0.910. The lowest BCUT2D eigenvalue weighted by atomic mass is 9.83. The lowest BCUT2D eigenvalue weighted by Crippen LogP contribution is -2.37. The van der Waals surface area contributed by atoms with Crippen LogP contribution in [0.4, 0.5) is 0 Å². The summed E-state index contributed by atoms with van der Waals surface area (Å²) < 4.78 is 5.13. The summed E-state index contributed by atoms with van der Waals surface area (Å²) in [5.74, 6) is 0.611. The molecule has 68 valence electrons. The molecule has 0 radical (unpaired) electrons. The van der Waals surface area contributed by atoms with Crippen molar-refractivity contribution < 1.29 is 14.6 Å². The molecule has 2 atom stereocenters. The van der Waals surface area contributed by atoms with Crippen molar-refractivity contribution in [2.24, 2.45) is 0 Å². The van der Waals surface area contributed by atoms with Gasteiger partial charge in [-0.05, 0) is 26.0 Å². The molecule has 0 saturated heterocycles. The van der Waals surface area contributed by atoms with Gasteiger partial charge in [-0.1, -0.05) is 0 Å². The quantitative estimate of drug-likeness (QED) is 0.709. The standard InChI is InChI=1S/C9H14O3/c1-7(11)9(2,6-10)8-4-3-5-12-8/h3-5,7,10-11H,6H2,1-2H3. The highest BCUT2D eigenvalue weighted by Gasteiger charge is 2.34. The Balaban J connectivity index is 2.96. The smallest absolute Gasteiger partial charge is 0.114 e. The zero-order valence-corrected chi connectivity index (χ0v) is 7.32. The van der Waals surface area contributed by atoms with Gasteiger partial charge in [0.2, 0.25) is 0 Å². The van der Waals surface area contributed by atoms with Crippen molar-refractivity contribution in [3.8, 4) is 0 Å². The minimum absolute atomic E-state index is 0.127. The van der Waals surface area contributed by atoms with Crippen LogP contribution in [0.25, 0.3) is 0 Å². The number of rotatable bonds is 3. The topological polar surface area (TPSA) is 53.6 Å². The molecular weight excluding hydrogens is 156 g/mol. The fourth-order valence-corrected chi connectivity index (χ4v) is 1.02. The monoisotopic (exact) mass is 170 g/mol. The number of hydrogen-bond donors (Lipinski definition) is 2. The van der Waals surface area contributed by atoms with E-state index in [1.165, 1.54) is 6.26 Å². The predicted molar refractivity (Wildman–Crippen MR) is 44.8 cm³/mol. The molecule has 12 heavy (non-hydrogen) atoms. The van der Waals surface area contributed by atoms with E-state index in [0.717, 1.165) is 0 Å². The molecule has 2 unspecified atom stereocenters. The molecule has 3 nitrogen and oxygen atoms in total. The van der Waals surface area contributed by atoms with Crippen molar-refractivity contribution in [2.75, 3.05) is 6.61 Å². The minimum atomic E-state index is -0.691. The van der Waals surface area contributed by atoms with Gasteiger partial charge >= 0.3 is 0 Å². The highest BCUT2D eigenvalue weighted by Crippen LogP contribution is 2.27. The maximum atomic E-state index is 9.42. The Morgan fingerprint density at radius 2 is 2.33 bits per heavy atom. The van der Waals surface area contributed by atoms with E-state index < -0.39 is 11.5 Å². The Labute approximate surface area is 71.6 Å². The maximum Gasteiger partial charge on any atom is 0.114 e. The molecule has 0 bridgehead atoms. The molecule has 0 fully saturated rings. The van der Waals surface area contributed by atoms with Crippen molar-refractivity contribution in [1.29, 1.82) is 0 Å². The largest absolute Gasteiger partial charge is 0.469 e. The first kappa shape index (κ1) is 9.29. The number of hydrogen-bond acceptors (Lipinski definition) is 3. The summed E-state index contributed by atoms with van der Waals surface area (Å²) in [7, 11) is 0.